The number of nitrogens with two attached hydrogens (primary N) is 7. The summed E-state index contributed by atoms with van der Waals surface area (Å²) in [4.78, 5) is 189. The first kappa shape index (κ1) is 127. The number of aliphatic hydroxyl groups excluding tert-OH is 2. The van der Waals surface area contributed by atoms with Crippen LogP contribution in [0, 0.1) is 5.41 Å². The van der Waals surface area contributed by atoms with Crippen LogP contribution in [-0.4, -0.2) is 362 Å². The molecule has 6 saturated heterocycles. The molecule has 12 unspecified atom stereocenters. The molecule has 0 saturated carbocycles. The smallest absolute Gasteiger partial charge is 0.327 e. The Bertz CT molecular complexity index is 3880. The van der Waals surface area contributed by atoms with E-state index in [-0.39, 0.29) is 137 Å². The molecule has 6 amide bonds. The molecule has 13 atom stereocenters. The first-order valence-corrected chi connectivity index (χ1v) is 47.0. The molecule has 43 nitrogen and oxygen atoms in total. The third-order valence-electron chi connectivity index (χ3n) is 22.3. The maximum absolute atomic E-state index is 13.4. The van der Waals surface area contributed by atoms with Gasteiger partial charge < -0.3 is 97.8 Å². The number of hydrazine groups is 1. The number of amidine groups is 6. The summed E-state index contributed by atoms with van der Waals surface area (Å²) in [5.41, 5.74) is 40.9. The summed E-state index contributed by atoms with van der Waals surface area (Å²) in [6.07, 6.45) is 11.2. The molecular formula is C92H170N26O17. The molecule has 6 heterocycles. The van der Waals surface area contributed by atoms with Crippen LogP contribution in [-0.2, 0) is 68.7 Å². The maximum Gasteiger partial charge on any atom is 0.327 e. The van der Waals surface area contributed by atoms with Gasteiger partial charge in [0.25, 0.3) is 0 Å². The molecule has 6 aliphatic heterocycles. The van der Waals surface area contributed by atoms with E-state index in [1.54, 1.807) is 96.6 Å². The maximum atomic E-state index is 13.4. The number of carbonyl (C=O) groups is 13. The van der Waals surface area contributed by atoms with Crippen LogP contribution in [0.1, 0.15) is 225 Å². The van der Waals surface area contributed by atoms with Crippen molar-refractivity contribution >= 4 is 111 Å². The molecule has 7 rings (SSSR count). The fourth-order valence-electron chi connectivity index (χ4n) is 15.0. The minimum Gasteiger partial charge on any atom is -0.508 e. The van der Waals surface area contributed by atoms with Crippen LogP contribution < -0.4 is 82.8 Å². The highest BCUT2D eigenvalue weighted by Crippen LogP contribution is 2.24. The second kappa shape index (κ2) is 70.4. The number of amides is 6. The van der Waals surface area contributed by atoms with Gasteiger partial charge in [-0.15, -0.1) is 0 Å². The average molecular weight is 1910 g/mol. The zero-order valence-corrected chi connectivity index (χ0v) is 84.5. The molecule has 0 spiro atoms. The topological polar surface area (TPSA) is 672 Å². The van der Waals surface area contributed by atoms with Gasteiger partial charge in [0.05, 0.1) is 77.3 Å². The number of carbonyl (C=O) groups excluding carboxylic acids is 12. The van der Waals surface area contributed by atoms with Gasteiger partial charge in [0.1, 0.15) is 42.0 Å². The van der Waals surface area contributed by atoms with E-state index in [0.29, 0.717) is 171 Å². The van der Waals surface area contributed by atoms with Crippen LogP contribution in [0.2, 0.25) is 0 Å². The lowest BCUT2D eigenvalue weighted by Crippen LogP contribution is -2.68. The molecule has 135 heavy (non-hydrogen) atoms. The van der Waals surface area contributed by atoms with Gasteiger partial charge >= 0.3 is 5.97 Å². The van der Waals surface area contributed by atoms with Gasteiger partial charge in [0.15, 0.2) is 34.7 Å². The van der Waals surface area contributed by atoms with Crippen LogP contribution in [0.5, 0.6) is 5.75 Å². The number of aromatic hydroxyl groups is 1. The molecular weight excluding hydrogens is 1740 g/mol. The molecule has 1 aromatic carbocycles. The normalized spacial score (nSPS) is 22.9. The van der Waals surface area contributed by atoms with Crippen molar-refractivity contribution in [2.75, 3.05) is 127 Å². The Hall–Kier alpha value is -10.2. The van der Waals surface area contributed by atoms with Crippen molar-refractivity contribution in [3.05, 3.63) is 29.8 Å². The van der Waals surface area contributed by atoms with Gasteiger partial charge in [-0.05, 0) is 177 Å². The highest BCUT2D eigenvalue weighted by molar-refractivity contribution is 5.96. The molecule has 0 aliphatic carbocycles. The fourth-order valence-corrected chi connectivity index (χ4v) is 15.0. The number of nitrogens with one attached hydrogen (secondary N) is 8. The van der Waals surface area contributed by atoms with Crippen molar-refractivity contribution in [2.24, 2.45) is 75.5 Å². The summed E-state index contributed by atoms with van der Waals surface area (Å²) in [7, 11) is 7.15. The average Bonchev–Trinajstić information content (AvgIpc) is 0.801. The largest absolute Gasteiger partial charge is 0.508 e. The van der Waals surface area contributed by atoms with Crippen molar-refractivity contribution in [1.82, 2.24) is 67.3 Å². The summed E-state index contributed by atoms with van der Waals surface area (Å²) in [6, 6.07) is 1.67. The Kier molecular flexibility index (Phi) is 66.1. The number of piperazine rings is 6. The number of Topliss-reactive ketones (excluding diaryl/α,β-unsaturated/α-hetero) is 6. The van der Waals surface area contributed by atoms with E-state index in [4.69, 9.17) is 49.7 Å². The molecule has 0 aromatic heterocycles. The first-order chi connectivity index (χ1) is 63.8. The van der Waals surface area contributed by atoms with Gasteiger partial charge in [0, 0.05) is 130 Å². The standard InChI is InChI=1S/C25H39N5O4.2C14H26N4O2.C13H24N4O2.C12H22N4O2.C11H20N4O3.CH5N.2CH4O/c1-6-22(32)20-15-30(21(24(34)28-20)8-7-13-27-16(2)26)29-19(23(33)25(3,4)5)14-17-9-11-18(31)12-10-17;2*1-4-13(19)11-9-18(5-2)12(14(20)17-11)7-6-8-16-10(3)15;1-4-12(18)10-8-17(3)11(13(19)16-10)6-5-7-15-9(2)14;1-3-11(17)10-7-15-9(12(18)16-10)5-4-6-14-8(2)13;1-7(12)13-5-3-4-9-10(16)14-8(11(17)18)6-15(9)2;3*1-2/h9-12,19-21,29,31H,6-8,13-15H2,1-5H3,(H2,26,27)(H,28,34);2*11-12H,4-9H2,1-3H3,(H2,15,16)(H,17,20);10-11H,4-8H2,1-3H3,(H2,14,15)(H,16,19);9-10,15H,3-7H2,1-2H3,(H2,13,14)(H,16,18);8-9H,3-6H2,1-2H3,(H2,12,13)(H,14,16)(H,17,18);2H2,1H3;2*2H,1H3/t19-,20?,21?;;;;;;;;/m0......../s1. The minimum atomic E-state index is -1.00. The van der Waals surface area contributed by atoms with E-state index in [2.05, 4.69) is 88.1 Å². The summed E-state index contributed by atoms with van der Waals surface area (Å²) < 4.78 is 0. The quantitative estimate of drug-likeness (QED) is 0.0226. The minimum absolute atomic E-state index is 0.00738. The molecule has 770 valence electrons. The Balaban J connectivity index is 0. The van der Waals surface area contributed by atoms with Crippen molar-refractivity contribution in [3.8, 4) is 5.75 Å². The lowest BCUT2D eigenvalue weighted by molar-refractivity contribution is -0.146. The lowest BCUT2D eigenvalue weighted by atomic mass is 9.84. The van der Waals surface area contributed by atoms with E-state index in [9.17, 15) is 67.4 Å². The number of phenols is 1. The number of hydrogen-bond donors (Lipinski definition) is 19. The van der Waals surface area contributed by atoms with Crippen LogP contribution in [0.3, 0.4) is 0 Å². The Morgan fingerprint density at radius 3 is 0.985 bits per heavy atom. The first-order valence-electron chi connectivity index (χ1n) is 47.0. The number of rotatable bonds is 42. The highest BCUT2D eigenvalue weighted by Gasteiger charge is 2.43. The number of phenolic OH excluding ortho intramolecular Hbond substituents is 1. The van der Waals surface area contributed by atoms with Gasteiger partial charge in [0.2, 0.25) is 35.4 Å². The van der Waals surface area contributed by atoms with Crippen molar-refractivity contribution in [3.63, 3.8) is 0 Å². The third-order valence-corrected chi connectivity index (χ3v) is 22.3. The van der Waals surface area contributed by atoms with Gasteiger partial charge in [-0.3, -0.25) is 107 Å². The fraction of sp³-hybridized carbons (Fsp3) is 0.728. The number of nitrogens with zero attached hydrogens (tertiary/aromatic N) is 11. The number of ketones is 6. The number of likely N-dealkylation sites (N-methyl/N-ethyl adjacent to an activating group) is 4. The van der Waals surface area contributed by atoms with E-state index in [1.807, 2.05) is 67.3 Å². The molecule has 0 radical (unpaired) electrons. The van der Waals surface area contributed by atoms with Gasteiger partial charge in [-0.1, -0.05) is 81.4 Å². The number of carboxylic acid groups (broad SMARTS) is 1. The Labute approximate surface area is 800 Å². The van der Waals surface area contributed by atoms with E-state index >= 15 is 0 Å². The van der Waals surface area contributed by atoms with Gasteiger partial charge in [-0.25, -0.2) is 15.2 Å². The van der Waals surface area contributed by atoms with E-state index < -0.39 is 35.6 Å². The molecule has 6 fully saturated rings. The van der Waals surface area contributed by atoms with Gasteiger partial charge in [-0.2, -0.15) is 0 Å². The summed E-state index contributed by atoms with van der Waals surface area (Å²) in [5.74, 6) is 1.99. The van der Waals surface area contributed by atoms with Crippen LogP contribution in [0.15, 0.2) is 54.2 Å². The molecule has 6 aliphatic rings. The number of benzene rings is 1. The SMILES string of the molecule is CC(N)=NCCCC1C(=O)NC(C(=O)O)CN1C.CCC(=O)C1CN(C)C(CCCN=C(C)N)C(=O)N1.CCC(=O)C1CN(CC)C(CCCN=C(C)N)C(=O)N1.CCC(=O)C1CN(CC)C(CCCN=C(C)N)C(=O)N1.CCC(=O)C1CN(N[C@@H](Cc2ccc(O)cc2)C(=O)C(C)(C)C)C(CCCN=C(C)N)C(=O)N1.CCC(=O)C1CNC(CCCN=C(C)N)C(=O)N1.CN.CO.CO. The summed E-state index contributed by atoms with van der Waals surface area (Å²) in [6.45, 7) is 37.2. The number of aliphatic hydroxyl groups is 2. The monoisotopic (exact) mass is 1910 g/mol. The van der Waals surface area contributed by atoms with Crippen LogP contribution in [0.25, 0.3) is 0 Å². The number of carboxylic acids is 1. The number of aliphatic carboxylic acids is 1. The second-order valence-corrected chi connectivity index (χ2v) is 34.2. The Morgan fingerprint density at radius 1 is 0.407 bits per heavy atom. The van der Waals surface area contributed by atoms with Crippen LogP contribution in [0.4, 0.5) is 0 Å². The predicted molar refractivity (Wildman–Crippen MR) is 531 cm³/mol. The number of hydrogen-bond acceptors (Lipinski definition) is 30. The van der Waals surface area contributed by atoms with Crippen molar-refractivity contribution in [2.45, 2.75) is 305 Å². The Morgan fingerprint density at radius 2 is 0.681 bits per heavy atom. The zero-order chi connectivity index (χ0) is 103. The third kappa shape index (κ3) is 50.4. The highest BCUT2D eigenvalue weighted by atomic mass is 16.4. The molecule has 43 heteroatoms. The lowest BCUT2D eigenvalue weighted by Gasteiger charge is -2.41. The summed E-state index contributed by atoms with van der Waals surface area (Å²) in [5, 5.41) is 53.9. The molecule has 1 aromatic rings. The van der Waals surface area contributed by atoms with Crippen LogP contribution >= 0.6 is 0 Å². The van der Waals surface area contributed by atoms with Crippen molar-refractivity contribution < 1.29 is 82.8 Å². The predicted octanol–water partition coefficient (Wildman–Crippen LogP) is -0.328. The van der Waals surface area contributed by atoms with Crippen molar-refractivity contribution in [1.29, 1.82) is 0 Å². The molecule has 26 N–H and O–H groups in total. The van der Waals surface area contributed by atoms with E-state index in [0.717, 1.165) is 84.2 Å². The summed E-state index contributed by atoms with van der Waals surface area (Å²) >= 11 is 0. The number of aliphatic imine (C=N–C) groups is 6. The zero-order valence-electron chi connectivity index (χ0n) is 84.5. The second-order valence-electron chi connectivity index (χ2n) is 34.2. The van der Waals surface area contributed by atoms with E-state index in [1.165, 1.54) is 7.05 Å². The molecule has 0 bridgehead atoms.